The highest BCUT2D eigenvalue weighted by Crippen LogP contribution is 2.23. The van der Waals surface area contributed by atoms with Crippen molar-refractivity contribution >= 4 is 66.3 Å². The van der Waals surface area contributed by atoms with Gasteiger partial charge in [-0.2, -0.15) is 0 Å². The molecule has 2 heterocycles. The van der Waals surface area contributed by atoms with E-state index in [2.05, 4.69) is 37.1 Å². The van der Waals surface area contributed by atoms with Gasteiger partial charge in [0.2, 0.25) is 16.2 Å². The van der Waals surface area contributed by atoms with E-state index in [9.17, 15) is 9.59 Å². The molecule has 0 bridgehead atoms. The molecule has 2 amide bonds. The second-order valence-corrected chi connectivity index (χ2v) is 11.7. The lowest BCUT2D eigenvalue weighted by molar-refractivity contribution is -0.115. The summed E-state index contributed by atoms with van der Waals surface area (Å²) in [5.41, 5.74) is 1.57. The molecule has 0 atom stereocenters. The number of nitrogens with one attached hydrogen (secondary N) is 2. The van der Waals surface area contributed by atoms with Gasteiger partial charge in [-0.1, -0.05) is 102 Å². The fourth-order valence-electron chi connectivity index (χ4n) is 4.65. The average Bonchev–Trinajstić information content (AvgIpc) is 3.63. The molecule has 0 aliphatic rings. The molecule has 204 valence electrons. The zero-order valence-corrected chi connectivity index (χ0v) is 23.7. The Balaban J connectivity index is 0.948. The van der Waals surface area contributed by atoms with E-state index in [1.165, 1.54) is 22.7 Å². The van der Waals surface area contributed by atoms with Gasteiger partial charge in [0, 0.05) is 18.4 Å². The first kappa shape index (κ1) is 26.7. The van der Waals surface area contributed by atoms with Crippen molar-refractivity contribution < 1.29 is 9.59 Å². The van der Waals surface area contributed by atoms with E-state index in [4.69, 9.17) is 0 Å². The van der Waals surface area contributed by atoms with Crippen LogP contribution in [0.1, 0.15) is 38.8 Å². The smallest absolute Gasteiger partial charge is 0.258 e. The van der Waals surface area contributed by atoms with Crippen LogP contribution in [0.15, 0.2) is 84.9 Å². The van der Waals surface area contributed by atoms with E-state index in [0.29, 0.717) is 15.8 Å². The first-order chi connectivity index (χ1) is 20.1. The summed E-state index contributed by atoms with van der Waals surface area (Å²) in [6.07, 6.45) is 3.61. The van der Waals surface area contributed by atoms with Crippen LogP contribution in [-0.4, -0.2) is 32.2 Å². The Morgan fingerprint density at radius 3 is 2.02 bits per heavy atom. The third-order valence-electron chi connectivity index (χ3n) is 6.64. The predicted molar refractivity (Wildman–Crippen MR) is 165 cm³/mol. The molecule has 0 radical (unpaired) electrons. The quantitative estimate of drug-likeness (QED) is 0.175. The van der Waals surface area contributed by atoms with Gasteiger partial charge >= 0.3 is 0 Å². The van der Waals surface area contributed by atoms with E-state index in [0.717, 1.165) is 62.8 Å². The average molecular weight is 579 g/mol. The number of aromatic nitrogens is 4. The van der Waals surface area contributed by atoms with Crippen molar-refractivity contribution in [3.63, 3.8) is 0 Å². The topological polar surface area (TPSA) is 110 Å². The number of aryl methyl sites for hydroxylation is 2. The van der Waals surface area contributed by atoms with Gasteiger partial charge in [-0.3, -0.25) is 14.9 Å². The summed E-state index contributed by atoms with van der Waals surface area (Å²) in [4.78, 5) is 25.4. The summed E-state index contributed by atoms with van der Waals surface area (Å²) >= 11 is 2.80. The Morgan fingerprint density at radius 1 is 0.634 bits per heavy atom. The number of fused-ring (bicyclic) bond motifs is 2. The molecule has 0 unspecified atom stereocenters. The Labute approximate surface area is 244 Å². The molecule has 41 heavy (non-hydrogen) atoms. The molecule has 6 rings (SSSR count). The maximum absolute atomic E-state index is 12.9. The molecular formula is C31H26N6O2S2. The number of anilines is 2. The van der Waals surface area contributed by atoms with Crippen LogP contribution < -0.4 is 10.6 Å². The highest BCUT2D eigenvalue weighted by atomic mass is 32.1. The summed E-state index contributed by atoms with van der Waals surface area (Å²) in [5.74, 6) is -0.302. The molecule has 0 fully saturated rings. The molecule has 10 heteroatoms. The van der Waals surface area contributed by atoms with E-state index in [1.807, 2.05) is 78.9 Å². The van der Waals surface area contributed by atoms with Crippen molar-refractivity contribution in [2.75, 3.05) is 10.6 Å². The van der Waals surface area contributed by atoms with Crippen molar-refractivity contribution in [2.24, 2.45) is 0 Å². The number of hydrogen-bond donors (Lipinski definition) is 2. The minimum absolute atomic E-state index is 0.109. The molecule has 2 aromatic heterocycles. The number of nitrogens with zero attached hydrogens (tertiary/aromatic N) is 4. The highest BCUT2D eigenvalue weighted by molar-refractivity contribution is 7.15. The molecule has 0 aliphatic heterocycles. The van der Waals surface area contributed by atoms with Crippen molar-refractivity contribution in [3.05, 3.63) is 106 Å². The predicted octanol–water partition coefficient (Wildman–Crippen LogP) is 6.69. The lowest BCUT2D eigenvalue weighted by atomic mass is 10.0. The maximum atomic E-state index is 12.9. The fraction of sp³-hybridized carbons (Fsp3) is 0.161. The fourth-order valence-corrected chi connectivity index (χ4v) is 6.22. The number of amides is 2. The summed E-state index contributed by atoms with van der Waals surface area (Å²) in [6, 6.07) is 27.6. The molecule has 6 aromatic rings. The van der Waals surface area contributed by atoms with E-state index >= 15 is 0 Å². The number of carbonyl (C=O) groups is 2. The van der Waals surface area contributed by atoms with Crippen LogP contribution in [-0.2, 0) is 24.1 Å². The van der Waals surface area contributed by atoms with Gasteiger partial charge in [-0.05, 0) is 46.0 Å². The maximum Gasteiger partial charge on any atom is 0.258 e. The summed E-state index contributed by atoms with van der Waals surface area (Å²) in [7, 11) is 0. The summed E-state index contributed by atoms with van der Waals surface area (Å²) < 4.78 is 0. The van der Waals surface area contributed by atoms with Crippen molar-refractivity contribution in [1.29, 1.82) is 0 Å². The van der Waals surface area contributed by atoms with E-state index in [-0.39, 0.29) is 18.2 Å². The third-order valence-corrected chi connectivity index (χ3v) is 8.44. The molecule has 4 aromatic carbocycles. The van der Waals surface area contributed by atoms with Crippen LogP contribution in [0.2, 0.25) is 0 Å². The van der Waals surface area contributed by atoms with E-state index < -0.39 is 0 Å². The lowest BCUT2D eigenvalue weighted by Gasteiger charge is -2.05. The normalized spacial score (nSPS) is 11.1. The van der Waals surface area contributed by atoms with Gasteiger partial charge in [-0.15, -0.1) is 20.4 Å². The van der Waals surface area contributed by atoms with Crippen LogP contribution in [0.5, 0.6) is 0 Å². The number of benzene rings is 4. The number of carbonyl (C=O) groups excluding carboxylic acids is 2. The Bertz CT molecular complexity index is 1840. The minimum Gasteiger partial charge on any atom is -0.300 e. The third kappa shape index (κ3) is 6.62. The van der Waals surface area contributed by atoms with Gasteiger partial charge in [0.05, 0.1) is 6.42 Å². The van der Waals surface area contributed by atoms with E-state index in [1.54, 1.807) is 0 Å². The second-order valence-electron chi connectivity index (χ2n) is 9.60. The van der Waals surface area contributed by atoms with Crippen LogP contribution >= 0.6 is 22.7 Å². The molecule has 0 aliphatic carbocycles. The summed E-state index contributed by atoms with van der Waals surface area (Å²) in [6.45, 7) is 0. The number of unbranched alkanes of at least 4 members (excludes halogenated alkanes) is 1. The Hall–Kier alpha value is -4.54. The summed E-state index contributed by atoms with van der Waals surface area (Å²) in [5, 5.41) is 29.5. The molecule has 8 nitrogen and oxygen atoms in total. The van der Waals surface area contributed by atoms with Crippen LogP contribution in [0.25, 0.3) is 21.5 Å². The largest absolute Gasteiger partial charge is 0.300 e. The van der Waals surface area contributed by atoms with Crippen LogP contribution in [0.3, 0.4) is 0 Å². The SMILES string of the molecule is O=C(Cc1ccc2ccccc2c1)Nc1nnc(CCCCc2nnc(NC(=O)c3cccc4ccccc34)s2)s1. The Kier molecular flexibility index (Phi) is 8.01. The van der Waals surface area contributed by atoms with Gasteiger partial charge in [0.15, 0.2) is 0 Å². The number of rotatable bonds is 10. The van der Waals surface area contributed by atoms with Gasteiger partial charge in [0.25, 0.3) is 5.91 Å². The van der Waals surface area contributed by atoms with Crippen LogP contribution in [0.4, 0.5) is 10.3 Å². The molecule has 0 saturated heterocycles. The highest BCUT2D eigenvalue weighted by Gasteiger charge is 2.14. The molecule has 0 spiro atoms. The first-order valence-corrected chi connectivity index (χ1v) is 15.0. The second kappa shape index (κ2) is 12.3. The van der Waals surface area contributed by atoms with Gasteiger partial charge < -0.3 is 5.32 Å². The molecule has 2 N–H and O–H groups in total. The minimum atomic E-state index is -0.194. The lowest BCUT2D eigenvalue weighted by Crippen LogP contribution is -2.14. The zero-order chi connectivity index (χ0) is 28.0. The molecule has 0 saturated carbocycles. The zero-order valence-electron chi connectivity index (χ0n) is 22.0. The van der Waals surface area contributed by atoms with Crippen molar-refractivity contribution in [1.82, 2.24) is 20.4 Å². The molecular weight excluding hydrogens is 553 g/mol. The van der Waals surface area contributed by atoms with Crippen LogP contribution in [0, 0.1) is 0 Å². The van der Waals surface area contributed by atoms with Gasteiger partial charge in [0.1, 0.15) is 10.0 Å². The standard InChI is InChI=1S/C31H26N6O2S2/c38-26(19-20-16-17-21-8-1-2-10-23(21)18-20)32-30-36-34-27(40-30)14-5-6-15-28-35-37-31(41-28)33-29(39)25-13-7-11-22-9-3-4-12-24(22)25/h1-4,7-13,16-18H,5-6,14-15,19H2,(H,32,36,38)(H,33,37,39). The van der Waals surface area contributed by atoms with Crippen molar-refractivity contribution in [2.45, 2.75) is 32.1 Å². The Morgan fingerprint density at radius 2 is 1.27 bits per heavy atom. The first-order valence-electron chi connectivity index (χ1n) is 13.3. The van der Waals surface area contributed by atoms with Gasteiger partial charge in [-0.25, -0.2) is 0 Å². The number of hydrogen-bond acceptors (Lipinski definition) is 8. The van der Waals surface area contributed by atoms with Crippen molar-refractivity contribution in [3.8, 4) is 0 Å². The monoisotopic (exact) mass is 578 g/mol.